The van der Waals surface area contributed by atoms with Gasteiger partial charge >= 0.3 is 0 Å². The zero-order valence-electron chi connectivity index (χ0n) is 17.6. The van der Waals surface area contributed by atoms with E-state index in [1.807, 2.05) is 106 Å². The monoisotopic (exact) mass is 396 g/mol. The molecular formula is C26H24N2O2. The van der Waals surface area contributed by atoms with E-state index >= 15 is 0 Å². The van der Waals surface area contributed by atoms with Crippen LogP contribution in [0.2, 0.25) is 0 Å². The molecule has 0 spiro atoms. The average Bonchev–Trinajstić information content (AvgIpc) is 3.01. The van der Waals surface area contributed by atoms with Crippen LogP contribution in [0.1, 0.15) is 22.3 Å². The molecule has 1 aliphatic rings. The van der Waals surface area contributed by atoms with E-state index in [1.54, 1.807) is 0 Å². The second-order valence-electron chi connectivity index (χ2n) is 7.65. The zero-order chi connectivity index (χ0) is 21.4. The predicted octanol–water partition coefficient (Wildman–Crippen LogP) is 5.03. The Morgan fingerprint density at radius 3 is 2.03 bits per heavy atom. The molecule has 2 amide bonds. The summed E-state index contributed by atoms with van der Waals surface area (Å²) in [6, 6.07) is 23.0. The lowest BCUT2D eigenvalue weighted by molar-refractivity contribution is -0.120. The van der Waals surface area contributed by atoms with E-state index in [2.05, 4.69) is 0 Å². The highest BCUT2D eigenvalue weighted by Gasteiger charge is 2.42. The van der Waals surface area contributed by atoms with Gasteiger partial charge in [-0.1, -0.05) is 54.6 Å². The summed E-state index contributed by atoms with van der Waals surface area (Å²) < 4.78 is 0. The summed E-state index contributed by atoms with van der Waals surface area (Å²) in [4.78, 5) is 30.4. The van der Waals surface area contributed by atoms with Gasteiger partial charge in [-0.3, -0.25) is 9.59 Å². The second-order valence-corrected chi connectivity index (χ2v) is 7.65. The Morgan fingerprint density at radius 1 is 0.700 bits per heavy atom. The lowest BCUT2D eigenvalue weighted by Crippen LogP contribution is -2.34. The summed E-state index contributed by atoms with van der Waals surface area (Å²) in [6.07, 6.45) is 0. The number of hydrogen-bond donors (Lipinski definition) is 0. The van der Waals surface area contributed by atoms with Gasteiger partial charge < -0.3 is 4.90 Å². The van der Waals surface area contributed by atoms with Crippen LogP contribution in [0.15, 0.2) is 78.5 Å². The molecule has 1 heterocycles. The van der Waals surface area contributed by atoms with E-state index in [-0.39, 0.29) is 11.8 Å². The first kappa shape index (κ1) is 19.6. The van der Waals surface area contributed by atoms with Gasteiger partial charge in [0.2, 0.25) is 0 Å². The van der Waals surface area contributed by atoms with Gasteiger partial charge in [0.05, 0.1) is 11.3 Å². The molecule has 0 atom stereocenters. The first-order chi connectivity index (χ1) is 14.4. The van der Waals surface area contributed by atoms with Gasteiger partial charge in [-0.15, -0.1) is 0 Å². The number of rotatable bonds is 4. The van der Waals surface area contributed by atoms with Crippen LogP contribution in [0.3, 0.4) is 0 Å². The third kappa shape index (κ3) is 3.20. The minimum absolute atomic E-state index is 0.296. The SMILES string of the molecule is Cc1ccc(C2=C(N(C)c3ccccc3)C(=O)N(c3ccccc3C)C2=O)cc1C. The Labute approximate surface area is 177 Å². The summed E-state index contributed by atoms with van der Waals surface area (Å²) in [5, 5.41) is 0. The number of amides is 2. The molecule has 4 heteroatoms. The lowest BCUT2D eigenvalue weighted by Gasteiger charge is -2.22. The molecule has 0 fully saturated rings. The highest BCUT2D eigenvalue weighted by atomic mass is 16.2. The largest absolute Gasteiger partial charge is 0.339 e. The van der Waals surface area contributed by atoms with Crippen molar-refractivity contribution in [2.75, 3.05) is 16.8 Å². The Morgan fingerprint density at radius 2 is 1.37 bits per heavy atom. The molecule has 0 saturated carbocycles. The summed E-state index contributed by atoms with van der Waals surface area (Å²) in [6.45, 7) is 5.95. The van der Waals surface area contributed by atoms with Crippen LogP contribution in [0.25, 0.3) is 5.57 Å². The highest BCUT2D eigenvalue weighted by Crippen LogP contribution is 2.37. The molecule has 150 valence electrons. The Bertz CT molecular complexity index is 1180. The number of hydrogen-bond acceptors (Lipinski definition) is 3. The predicted molar refractivity (Wildman–Crippen MR) is 121 cm³/mol. The van der Waals surface area contributed by atoms with Crippen molar-refractivity contribution < 1.29 is 9.59 Å². The number of aryl methyl sites for hydroxylation is 3. The van der Waals surface area contributed by atoms with Crippen LogP contribution in [-0.2, 0) is 9.59 Å². The molecule has 3 aromatic carbocycles. The van der Waals surface area contributed by atoms with Gasteiger partial charge in [-0.25, -0.2) is 4.90 Å². The van der Waals surface area contributed by atoms with E-state index in [0.717, 1.165) is 27.9 Å². The van der Waals surface area contributed by atoms with Crippen molar-refractivity contribution in [3.63, 3.8) is 0 Å². The fourth-order valence-electron chi connectivity index (χ4n) is 3.80. The van der Waals surface area contributed by atoms with Gasteiger partial charge in [0.25, 0.3) is 11.8 Å². The lowest BCUT2D eigenvalue weighted by atomic mass is 9.99. The van der Waals surface area contributed by atoms with Crippen molar-refractivity contribution in [1.82, 2.24) is 0 Å². The molecule has 0 bridgehead atoms. The standard InChI is InChI=1S/C26H24N2O2/c1-17-14-15-20(16-19(17)3)23-24(27(4)21-11-6-5-7-12-21)26(30)28(25(23)29)22-13-9-8-10-18(22)2/h5-16H,1-4H3. The molecular weight excluding hydrogens is 372 g/mol. The quantitative estimate of drug-likeness (QED) is 0.581. The molecule has 3 aromatic rings. The van der Waals surface area contributed by atoms with Gasteiger partial charge in [-0.05, 0) is 61.2 Å². The first-order valence-electron chi connectivity index (χ1n) is 9.95. The van der Waals surface area contributed by atoms with Crippen molar-refractivity contribution in [3.05, 3.63) is 101 Å². The van der Waals surface area contributed by atoms with Crippen molar-refractivity contribution in [1.29, 1.82) is 0 Å². The molecule has 30 heavy (non-hydrogen) atoms. The van der Waals surface area contributed by atoms with Crippen molar-refractivity contribution in [2.24, 2.45) is 0 Å². The summed E-state index contributed by atoms with van der Waals surface area (Å²) in [5.41, 5.74) is 6.14. The Kier molecular flexibility index (Phi) is 5.00. The molecule has 0 aromatic heterocycles. The summed E-state index contributed by atoms with van der Waals surface area (Å²) in [5.74, 6) is -0.607. The molecule has 0 N–H and O–H groups in total. The Balaban J connectivity index is 1.92. The number of anilines is 2. The fourth-order valence-corrected chi connectivity index (χ4v) is 3.80. The maximum Gasteiger partial charge on any atom is 0.282 e. The van der Waals surface area contributed by atoms with Crippen LogP contribution in [0.4, 0.5) is 11.4 Å². The Hall–Kier alpha value is -3.66. The van der Waals surface area contributed by atoms with Gasteiger partial charge in [-0.2, -0.15) is 0 Å². The number of carbonyl (C=O) groups is 2. The third-order valence-corrected chi connectivity index (χ3v) is 5.69. The second kappa shape index (κ2) is 7.64. The van der Waals surface area contributed by atoms with E-state index in [1.165, 1.54) is 4.90 Å². The van der Waals surface area contributed by atoms with Gasteiger partial charge in [0.1, 0.15) is 5.70 Å². The number of benzene rings is 3. The first-order valence-corrected chi connectivity index (χ1v) is 9.95. The van der Waals surface area contributed by atoms with Crippen LogP contribution in [0, 0.1) is 20.8 Å². The molecule has 4 nitrogen and oxygen atoms in total. The van der Waals surface area contributed by atoms with E-state index < -0.39 is 0 Å². The fraction of sp³-hybridized carbons (Fsp3) is 0.154. The smallest absolute Gasteiger partial charge is 0.282 e. The number of carbonyl (C=O) groups excluding carboxylic acids is 2. The van der Waals surface area contributed by atoms with Crippen LogP contribution >= 0.6 is 0 Å². The van der Waals surface area contributed by atoms with Crippen molar-refractivity contribution in [3.8, 4) is 0 Å². The van der Waals surface area contributed by atoms with Crippen molar-refractivity contribution >= 4 is 28.8 Å². The van der Waals surface area contributed by atoms with Crippen molar-refractivity contribution in [2.45, 2.75) is 20.8 Å². The normalized spacial score (nSPS) is 13.9. The summed E-state index contributed by atoms with van der Waals surface area (Å²) >= 11 is 0. The maximum atomic E-state index is 13.6. The molecule has 0 saturated heterocycles. The highest BCUT2D eigenvalue weighted by molar-refractivity contribution is 6.46. The summed E-state index contributed by atoms with van der Waals surface area (Å²) in [7, 11) is 1.83. The maximum absolute atomic E-state index is 13.6. The van der Waals surface area contributed by atoms with E-state index in [4.69, 9.17) is 0 Å². The topological polar surface area (TPSA) is 40.6 Å². The van der Waals surface area contributed by atoms with Crippen LogP contribution in [0.5, 0.6) is 0 Å². The third-order valence-electron chi connectivity index (χ3n) is 5.69. The van der Waals surface area contributed by atoms with Gasteiger partial charge in [0.15, 0.2) is 0 Å². The van der Waals surface area contributed by atoms with Crippen LogP contribution < -0.4 is 9.80 Å². The number of nitrogens with zero attached hydrogens (tertiary/aromatic N) is 2. The average molecular weight is 396 g/mol. The molecule has 1 aliphatic heterocycles. The number of imide groups is 1. The molecule has 0 radical (unpaired) electrons. The van der Waals surface area contributed by atoms with E-state index in [9.17, 15) is 9.59 Å². The van der Waals surface area contributed by atoms with E-state index in [0.29, 0.717) is 17.0 Å². The zero-order valence-corrected chi connectivity index (χ0v) is 17.6. The number of para-hydroxylation sites is 2. The number of likely N-dealkylation sites (N-methyl/N-ethyl adjacent to an activating group) is 1. The molecule has 4 rings (SSSR count). The minimum Gasteiger partial charge on any atom is -0.339 e. The van der Waals surface area contributed by atoms with Crippen LogP contribution in [-0.4, -0.2) is 18.9 Å². The molecule has 0 aliphatic carbocycles. The molecule has 0 unspecified atom stereocenters. The minimum atomic E-state index is -0.311. The van der Waals surface area contributed by atoms with Gasteiger partial charge in [0, 0.05) is 12.7 Å².